The largest absolute Gasteiger partial charge is 1.00 e. The fourth-order valence-corrected chi connectivity index (χ4v) is 3.82. The Morgan fingerprint density at radius 1 is 0.800 bits per heavy atom. The molecule has 2 aromatic carbocycles. The van der Waals surface area contributed by atoms with E-state index in [9.17, 15) is 0 Å². The Balaban J connectivity index is 0.00000192. The van der Waals surface area contributed by atoms with Gasteiger partial charge in [0.25, 0.3) is 0 Å². The first-order valence-electron chi connectivity index (χ1n) is 7.81. The van der Waals surface area contributed by atoms with Gasteiger partial charge in [0.15, 0.2) is 0 Å². The van der Waals surface area contributed by atoms with Crippen LogP contribution in [-0.2, 0) is 20.4 Å². The van der Waals surface area contributed by atoms with Gasteiger partial charge >= 0.3 is 145 Å². The van der Waals surface area contributed by atoms with Gasteiger partial charge in [-0.3, -0.25) is 0 Å². The van der Waals surface area contributed by atoms with Gasteiger partial charge in [-0.05, 0) is 0 Å². The van der Waals surface area contributed by atoms with Gasteiger partial charge in [-0.15, -0.1) is 0 Å². The van der Waals surface area contributed by atoms with Crippen LogP contribution in [0.3, 0.4) is 0 Å². The molecule has 25 heavy (non-hydrogen) atoms. The molecule has 0 fully saturated rings. The molecule has 0 atom stereocenters. The Hall–Kier alpha value is -0.496. The van der Waals surface area contributed by atoms with Gasteiger partial charge in [0.1, 0.15) is 0 Å². The van der Waals surface area contributed by atoms with Gasteiger partial charge < -0.3 is 37.2 Å². The molecule has 0 N–H and O–H groups in total. The number of aryl methyl sites for hydroxylation is 2. The van der Waals surface area contributed by atoms with E-state index in [-0.39, 0.29) is 37.2 Å². The maximum absolute atomic E-state index is 2.36. The molecule has 1 aliphatic carbocycles. The molecule has 4 heteroatoms. The van der Waals surface area contributed by atoms with Crippen LogP contribution >= 0.6 is 0 Å². The molecule has 0 unspecified atom stereocenters. The van der Waals surface area contributed by atoms with Crippen molar-refractivity contribution in [3.8, 4) is 0 Å². The van der Waals surface area contributed by atoms with E-state index in [4.69, 9.17) is 0 Å². The summed E-state index contributed by atoms with van der Waals surface area (Å²) in [6.07, 6.45) is 3.44. The Kier molecular flexibility index (Phi) is 10.4. The molecule has 130 valence electrons. The molecule has 0 nitrogen and oxygen atoms in total. The summed E-state index contributed by atoms with van der Waals surface area (Å²) in [5, 5.41) is 0. The van der Waals surface area contributed by atoms with Crippen LogP contribution in [0, 0.1) is 13.8 Å². The topological polar surface area (TPSA) is 0 Å². The van der Waals surface area contributed by atoms with E-state index >= 15 is 0 Å². The molecule has 0 amide bonds. The average molecular weight is 428 g/mol. The van der Waals surface area contributed by atoms with Gasteiger partial charge in [-0.2, -0.15) is 0 Å². The molecule has 2 aromatic rings. The summed E-state index contributed by atoms with van der Waals surface area (Å²) < 4.78 is 1.47. The molecule has 0 aromatic heterocycles. The van der Waals surface area contributed by atoms with Crippen molar-refractivity contribution in [3.05, 3.63) is 91.9 Å². The van der Waals surface area contributed by atoms with E-state index < -0.39 is 0 Å². The van der Waals surface area contributed by atoms with Crippen LogP contribution in [0.15, 0.2) is 69.6 Å². The molecule has 0 heterocycles. The van der Waals surface area contributed by atoms with Crippen LogP contribution in [0.4, 0.5) is 0 Å². The zero-order chi connectivity index (χ0) is 15.7. The van der Waals surface area contributed by atoms with Gasteiger partial charge in [-0.1, -0.05) is 0 Å². The SMILES string of the molecule is CC1=CCC(C(c2cccc(C)c2)c2cccc(C)c2)=[C]1[Ti+3].[Cl-].[Cl-].[Cl-]. The minimum Gasteiger partial charge on any atom is -1.00 e. The Bertz CT molecular complexity index is 733. The smallest absolute Gasteiger partial charge is 1.00 e. The predicted molar refractivity (Wildman–Crippen MR) is 89.6 cm³/mol. The molecule has 0 aliphatic heterocycles. The van der Waals surface area contributed by atoms with Crippen molar-refractivity contribution < 1.29 is 57.7 Å². The molecule has 0 radical (unpaired) electrons. The molecule has 0 saturated heterocycles. The van der Waals surface area contributed by atoms with Crippen molar-refractivity contribution in [1.29, 1.82) is 0 Å². The minimum absolute atomic E-state index is 0. The first-order valence-corrected chi connectivity index (χ1v) is 8.59. The van der Waals surface area contributed by atoms with Gasteiger partial charge in [0.05, 0.1) is 0 Å². The van der Waals surface area contributed by atoms with E-state index in [0.29, 0.717) is 5.92 Å². The van der Waals surface area contributed by atoms with Crippen LogP contribution in [0.25, 0.3) is 0 Å². The first kappa shape index (κ1) is 24.5. The monoisotopic (exact) mass is 426 g/mol. The predicted octanol–water partition coefficient (Wildman–Crippen LogP) is -3.40. The van der Waals surface area contributed by atoms with Crippen LogP contribution in [0.2, 0.25) is 0 Å². The summed E-state index contributed by atoms with van der Waals surface area (Å²) in [6.45, 7) is 6.58. The Morgan fingerprint density at radius 3 is 1.64 bits per heavy atom. The third-order valence-corrected chi connectivity index (χ3v) is 5.56. The number of halogens is 3. The van der Waals surface area contributed by atoms with Crippen molar-refractivity contribution >= 4 is 0 Å². The maximum Gasteiger partial charge on any atom is -1.00 e. The summed E-state index contributed by atoms with van der Waals surface area (Å²) >= 11 is 2.27. The molecule has 3 rings (SSSR count). The fraction of sp³-hybridized carbons (Fsp3) is 0.238. The van der Waals surface area contributed by atoms with Crippen LogP contribution in [0.5, 0.6) is 0 Å². The summed E-state index contributed by atoms with van der Waals surface area (Å²) in [7, 11) is 0. The summed E-state index contributed by atoms with van der Waals surface area (Å²) in [5.41, 5.74) is 8.45. The van der Waals surface area contributed by atoms with Crippen LogP contribution in [-0.4, -0.2) is 0 Å². The second-order valence-corrected chi connectivity index (χ2v) is 7.03. The van der Waals surface area contributed by atoms with E-state index in [0.717, 1.165) is 6.42 Å². The van der Waals surface area contributed by atoms with Crippen LogP contribution < -0.4 is 37.2 Å². The number of allylic oxidation sites excluding steroid dienone is 4. The van der Waals surface area contributed by atoms with Crippen molar-refractivity contribution in [2.75, 3.05) is 0 Å². The quantitative estimate of drug-likeness (QED) is 0.448. The van der Waals surface area contributed by atoms with Crippen molar-refractivity contribution in [2.45, 2.75) is 33.1 Å². The van der Waals surface area contributed by atoms with Crippen molar-refractivity contribution in [3.63, 3.8) is 0 Å². The zero-order valence-corrected chi connectivity index (χ0v) is 18.4. The van der Waals surface area contributed by atoms with Crippen molar-refractivity contribution in [1.82, 2.24) is 0 Å². The molecule has 0 spiro atoms. The van der Waals surface area contributed by atoms with E-state index in [1.54, 1.807) is 5.57 Å². The third-order valence-electron chi connectivity index (χ3n) is 4.44. The molecular weight excluding hydrogens is 406 g/mol. The van der Waals surface area contributed by atoms with E-state index in [1.165, 1.54) is 31.7 Å². The Morgan fingerprint density at radius 2 is 1.28 bits per heavy atom. The third kappa shape index (κ3) is 5.49. The summed E-state index contributed by atoms with van der Waals surface area (Å²) in [6, 6.07) is 17.9. The minimum atomic E-state index is 0. The summed E-state index contributed by atoms with van der Waals surface area (Å²) in [5.74, 6) is 0.369. The molecule has 1 aliphatic rings. The van der Waals surface area contributed by atoms with Gasteiger partial charge in [0, 0.05) is 0 Å². The second-order valence-electron chi connectivity index (χ2n) is 6.25. The molecular formula is C21H21Cl3Ti. The molecule has 0 bridgehead atoms. The van der Waals surface area contributed by atoms with Gasteiger partial charge in [0.2, 0.25) is 0 Å². The van der Waals surface area contributed by atoms with E-state index in [2.05, 4.69) is 95.8 Å². The average Bonchev–Trinajstić information content (AvgIpc) is 2.80. The Labute approximate surface area is 181 Å². The number of hydrogen-bond acceptors (Lipinski definition) is 0. The first-order chi connectivity index (χ1) is 10.6. The fourth-order valence-electron chi connectivity index (χ4n) is 3.28. The molecule has 0 saturated carbocycles. The van der Waals surface area contributed by atoms with Gasteiger partial charge in [-0.25, -0.2) is 0 Å². The van der Waals surface area contributed by atoms with Crippen LogP contribution in [0.1, 0.15) is 41.5 Å². The van der Waals surface area contributed by atoms with Crippen molar-refractivity contribution in [2.24, 2.45) is 0 Å². The number of benzene rings is 2. The number of rotatable bonds is 3. The maximum atomic E-state index is 2.36. The number of hydrogen-bond donors (Lipinski definition) is 0. The second kappa shape index (κ2) is 10.6. The van der Waals surface area contributed by atoms with E-state index in [1.807, 2.05) is 0 Å². The standard InChI is InChI=1S/C21H21.3ClH.Ti/c1-15-6-4-8-18(12-15)21(20-11-10-17(3)14-20)19-9-5-7-16(2)13-19;;;;/h4-10,12-13,21H,11H2,1-3H3;3*1H;/q;;;;+3/p-3. The summed E-state index contributed by atoms with van der Waals surface area (Å²) in [4.78, 5) is 0. The zero-order valence-electron chi connectivity index (χ0n) is 14.6. The normalized spacial score (nSPS) is 13.0.